The first-order valence-corrected chi connectivity index (χ1v) is 13.8. The van der Waals surface area contributed by atoms with Gasteiger partial charge in [0.1, 0.15) is 0 Å². The standard InChI is InChI=1S/C34H31FN4/c1-23-7-5-6-10-28(23)34-33(35)32-29-21-37-39(27-8-3-2-4-9-27)30(29)17-18-31(32)38(34)22-25-13-11-24(12-14-25)19-20-36-26-15-16-26/h2-14,17-18,21,26,36H,15-16,19-20,22H2,1H3. The van der Waals surface area contributed by atoms with E-state index in [2.05, 4.69) is 45.3 Å². The lowest BCUT2D eigenvalue weighted by Gasteiger charge is -2.14. The number of aromatic nitrogens is 3. The van der Waals surface area contributed by atoms with E-state index in [9.17, 15) is 0 Å². The maximum Gasteiger partial charge on any atom is 0.157 e. The third-order valence-corrected chi connectivity index (χ3v) is 7.91. The van der Waals surface area contributed by atoms with Crippen LogP contribution in [0.2, 0.25) is 0 Å². The van der Waals surface area contributed by atoms with Crippen LogP contribution in [0.3, 0.4) is 0 Å². The number of halogens is 1. The van der Waals surface area contributed by atoms with Crippen molar-refractivity contribution < 1.29 is 4.39 Å². The average Bonchev–Trinajstić information content (AvgIpc) is 3.62. The lowest BCUT2D eigenvalue weighted by atomic mass is 10.0. The average molecular weight is 515 g/mol. The summed E-state index contributed by atoms with van der Waals surface area (Å²) in [6.07, 6.45) is 5.44. The second-order valence-corrected chi connectivity index (χ2v) is 10.6. The molecule has 4 nitrogen and oxygen atoms in total. The largest absolute Gasteiger partial charge is 0.333 e. The molecule has 0 atom stereocenters. The molecule has 2 heterocycles. The third-order valence-electron chi connectivity index (χ3n) is 7.91. The molecule has 0 bridgehead atoms. The highest BCUT2D eigenvalue weighted by Crippen LogP contribution is 2.38. The highest BCUT2D eigenvalue weighted by atomic mass is 19.1. The molecule has 7 rings (SSSR count). The molecule has 0 amide bonds. The van der Waals surface area contributed by atoms with E-state index in [0.29, 0.717) is 17.6 Å². The second-order valence-electron chi connectivity index (χ2n) is 10.6. The van der Waals surface area contributed by atoms with Crippen molar-refractivity contribution in [1.29, 1.82) is 0 Å². The van der Waals surface area contributed by atoms with Crippen LogP contribution in [0.15, 0.2) is 97.2 Å². The van der Waals surface area contributed by atoms with E-state index in [1.165, 1.54) is 18.4 Å². The molecule has 0 unspecified atom stereocenters. The van der Waals surface area contributed by atoms with Crippen molar-refractivity contribution >= 4 is 21.8 Å². The van der Waals surface area contributed by atoms with Gasteiger partial charge in [0.15, 0.2) is 5.82 Å². The predicted molar refractivity (Wildman–Crippen MR) is 157 cm³/mol. The van der Waals surface area contributed by atoms with Crippen LogP contribution in [0.1, 0.15) is 29.5 Å². The highest BCUT2D eigenvalue weighted by molar-refractivity contribution is 6.08. The number of benzene rings is 4. The van der Waals surface area contributed by atoms with Crippen LogP contribution in [0, 0.1) is 12.7 Å². The Morgan fingerprint density at radius 1 is 0.846 bits per heavy atom. The lowest BCUT2D eigenvalue weighted by molar-refractivity contribution is 0.635. The molecule has 6 aromatic rings. The minimum absolute atomic E-state index is 0.194. The summed E-state index contributed by atoms with van der Waals surface area (Å²) in [7, 11) is 0. The van der Waals surface area contributed by atoms with Gasteiger partial charge in [-0.1, -0.05) is 66.7 Å². The van der Waals surface area contributed by atoms with Gasteiger partial charge in [0, 0.05) is 28.9 Å². The van der Waals surface area contributed by atoms with Crippen LogP contribution < -0.4 is 5.32 Å². The summed E-state index contributed by atoms with van der Waals surface area (Å²) in [5.74, 6) is -0.194. The van der Waals surface area contributed by atoms with Crippen LogP contribution in [0.4, 0.5) is 4.39 Å². The van der Waals surface area contributed by atoms with Crippen molar-refractivity contribution in [3.63, 3.8) is 0 Å². The quantitative estimate of drug-likeness (QED) is 0.229. The third kappa shape index (κ3) is 4.43. The zero-order valence-corrected chi connectivity index (χ0v) is 22.1. The van der Waals surface area contributed by atoms with Crippen LogP contribution in [0.5, 0.6) is 0 Å². The minimum atomic E-state index is -0.194. The topological polar surface area (TPSA) is 34.8 Å². The molecule has 4 aromatic carbocycles. The number of nitrogens with zero attached hydrogens (tertiary/aromatic N) is 3. The van der Waals surface area contributed by atoms with Crippen molar-refractivity contribution in [2.24, 2.45) is 0 Å². The van der Waals surface area contributed by atoms with Gasteiger partial charge in [0.05, 0.1) is 28.6 Å². The summed E-state index contributed by atoms with van der Waals surface area (Å²) in [6.45, 7) is 3.65. The van der Waals surface area contributed by atoms with Crippen molar-refractivity contribution in [1.82, 2.24) is 19.7 Å². The maximum absolute atomic E-state index is 16.6. The number of fused-ring (bicyclic) bond motifs is 3. The van der Waals surface area contributed by atoms with Gasteiger partial charge in [-0.05, 0) is 73.7 Å². The number of nitrogens with one attached hydrogen (secondary N) is 1. The van der Waals surface area contributed by atoms with Gasteiger partial charge in [-0.25, -0.2) is 9.07 Å². The first kappa shape index (κ1) is 23.9. The molecule has 5 heteroatoms. The van der Waals surface area contributed by atoms with Crippen molar-refractivity contribution in [2.75, 3.05) is 6.54 Å². The Morgan fingerprint density at radius 2 is 1.56 bits per heavy atom. The Hall–Kier alpha value is -4.22. The van der Waals surface area contributed by atoms with Gasteiger partial charge in [0.2, 0.25) is 0 Å². The minimum Gasteiger partial charge on any atom is -0.333 e. The van der Waals surface area contributed by atoms with Crippen LogP contribution in [-0.2, 0) is 13.0 Å². The summed E-state index contributed by atoms with van der Waals surface area (Å²) < 4.78 is 20.6. The molecule has 0 saturated heterocycles. The SMILES string of the molecule is Cc1ccccc1-c1c(F)c2c3cnn(-c4ccccc4)c3ccc2n1Cc1ccc(CCNC2CC2)cc1. The van der Waals surface area contributed by atoms with Crippen LogP contribution >= 0.6 is 0 Å². The molecular formula is C34H31FN4. The van der Waals surface area contributed by atoms with Crippen LogP contribution in [0.25, 0.3) is 38.8 Å². The normalized spacial score (nSPS) is 13.5. The fraction of sp³-hybridized carbons (Fsp3) is 0.206. The summed E-state index contributed by atoms with van der Waals surface area (Å²) in [4.78, 5) is 0. The molecule has 0 spiro atoms. The molecule has 0 aliphatic heterocycles. The van der Waals surface area contributed by atoms with Crippen molar-refractivity contribution in [3.8, 4) is 16.9 Å². The zero-order valence-electron chi connectivity index (χ0n) is 22.1. The van der Waals surface area contributed by atoms with E-state index in [1.807, 2.05) is 72.3 Å². The number of para-hydroxylation sites is 1. The monoisotopic (exact) mass is 514 g/mol. The smallest absolute Gasteiger partial charge is 0.157 e. The Bertz CT molecular complexity index is 1780. The highest BCUT2D eigenvalue weighted by Gasteiger charge is 2.23. The fourth-order valence-electron chi connectivity index (χ4n) is 5.65. The Kier molecular flexibility index (Phi) is 6.01. The van der Waals surface area contributed by atoms with Crippen molar-refractivity contribution in [2.45, 2.75) is 38.8 Å². The molecule has 0 radical (unpaired) electrons. The van der Waals surface area contributed by atoms with E-state index in [-0.39, 0.29) is 5.82 Å². The molecule has 1 aliphatic carbocycles. The van der Waals surface area contributed by atoms with E-state index in [1.54, 1.807) is 6.20 Å². The van der Waals surface area contributed by atoms with Gasteiger partial charge >= 0.3 is 0 Å². The first-order valence-electron chi connectivity index (χ1n) is 13.8. The molecule has 194 valence electrons. The van der Waals surface area contributed by atoms with Gasteiger partial charge in [-0.2, -0.15) is 5.10 Å². The van der Waals surface area contributed by atoms with Gasteiger partial charge in [-0.15, -0.1) is 0 Å². The number of hydrogen-bond donors (Lipinski definition) is 1. The zero-order chi connectivity index (χ0) is 26.3. The molecule has 1 N–H and O–H groups in total. The molecular weight excluding hydrogens is 483 g/mol. The van der Waals surface area contributed by atoms with Gasteiger partial charge in [0.25, 0.3) is 0 Å². The predicted octanol–water partition coefficient (Wildman–Crippen LogP) is 7.44. The van der Waals surface area contributed by atoms with E-state index in [0.717, 1.165) is 57.8 Å². The van der Waals surface area contributed by atoms with E-state index in [4.69, 9.17) is 0 Å². The summed E-state index contributed by atoms with van der Waals surface area (Å²) in [5.41, 5.74) is 7.80. The maximum atomic E-state index is 16.6. The molecule has 2 aromatic heterocycles. The number of aryl methyl sites for hydroxylation is 1. The number of hydrogen-bond acceptors (Lipinski definition) is 2. The number of rotatable bonds is 8. The Morgan fingerprint density at radius 3 is 2.33 bits per heavy atom. The Balaban J connectivity index is 1.33. The molecule has 39 heavy (non-hydrogen) atoms. The van der Waals surface area contributed by atoms with Gasteiger partial charge in [-0.3, -0.25) is 0 Å². The summed E-state index contributed by atoms with van der Waals surface area (Å²) in [5, 5.41) is 9.68. The second kappa shape index (κ2) is 9.83. The van der Waals surface area contributed by atoms with Crippen LogP contribution in [-0.4, -0.2) is 26.9 Å². The van der Waals surface area contributed by atoms with Gasteiger partial charge < -0.3 is 9.88 Å². The first-order chi connectivity index (χ1) is 19.2. The fourth-order valence-corrected chi connectivity index (χ4v) is 5.65. The molecule has 1 saturated carbocycles. The summed E-state index contributed by atoms with van der Waals surface area (Å²) >= 11 is 0. The van der Waals surface area contributed by atoms with E-state index < -0.39 is 0 Å². The Labute approximate surface area is 227 Å². The molecule has 1 fully saturated rings. The van der Waals surface area contributed by atoms with E-state index >= 15 is 4.39 Å². The van der Waals surface area contributed by atoms with Crippen molar-refractivity contribution in [3.05, 3.63) is 120 Å². The summed E-state index contributed by atoms with van der Waals surface area (Å²) in [6, 6.07) is 31.7. The lowest BCUT2D eigenvalue weighted by Crippen LogP contribution is -2.19. The molecule has 1 aliphatic rings.